The van der Waals surface area contributed by atoms with E-state index < -0.39 is 0 Å². The number of hydrogen-bond donors (Lipinski definition) is 2. The first-order valence-electron chi connectivity index (χ1n) is 9.20. The predicted molar refractivity (Wildman–Crippen MR) is 90.5 cm³/mol. The lowest BCUT2D eigenvalue weighted by Gasteiger charge is -2.32. The van der Waals surface area contributed by atoms with Crippen molar-refractivity contribution in [3.05, 3.63) is 0 Å². The minimum atomic E-state index is -0.175. The molecule has 124 valence electrons. The Hall–Kier alpha value is -0.730. The first-order valence-corrected chi connectivity index (χ1v) is 9.20. The summed E-state index contributed by atoms with van der Waals surface area (Å²) in [7, 11) is 0. The molecule has 0 radical (unpaired) electrons. The molecule has 2 fully saturated rings. The molecule has 0 saturated heterocycles. The highest BCUT2D eigenvalue weighted by atomic mass is 16.5. The molecule has 3 N–H and O–H groups in total. The summed E-state index contributed by atoms with van der Waals surface area (Å²) in [6, 6.07) is -0.175. The summed E-state index contributed by atoms with van der Waals surface area (Å²) in [5.74, 6) is 2.28. The topological polar surface area (TPSA) is 59.1 Å². The minimum absolute atomic E-state index is 0.175. The largest absolute Gasteiger partial charge is 0.466 e. The second-order valence-electron chi connectivity index (χ2n) is 6.72. The van der Waals surface area contributed by atoms with Crippen LogP contribution in [0, 0.1) is 17.2 Å². The number of unbranched alkanes of at least 4 members (excludes halogenated alkanes) is 2. The summed E-state index contributed by atoms with van der Waals surface area (Å²) in [4.78, 5) is 0. The average molecular weight is 296 g/mol. The molecule has 0 aromatic rings. The van der Waals surface area contributed by atoms with E-state index in [1.165, 1.54) is 44.9 Å². The minimum Gasteiger partial charge on any atom is -0.466 e. The quantitative estimate of drug-likeness (QED) is 0.414. The van der Waals surface area contributed by atoms with Gasteiger partial charge >= 0.3 is 0 Å². The van der Waals surface area contributed by atoms with Gasteiger partial charge in [-0.1, -0.05) is 84.0 Å². The molecule has 2 aliphatic rings. The zero-order valence-electron chi connectivity index (χ0n) is 14.0. The Morgan fingerprint density at radius 2 is 1.38 bits per heavy atom. The number of nitrogens with one attached hydrogen (secondary N) is 1. The fourth-order valence-electron chi connectivity index (χ4n) is 3.75. The molecule has 0 atom stereocenters. The molecule has 0 spiro atoms. The third kappa shape index (κ3) is 9.00. The lowest BCUT2D eigenvalue weighted by Crippen LogP contribution is -2.20. The Morgan fingerprint density at radius 1 is 0.905 bits per heavy atom. The molecular formula is C18H36N2O. The van der Waals surface area contributed by atoms with Crippen molar-refractivity contribution in [3.8, 4) is 0 Å². The molecular weight excluding hydrogens is 260 g/mol. The smallest absolute Gasteiger partial charge is 0.278 e. The fourth-order valence-corrected chi connectivity index (χ4v) is 3.75. The van der Waals surface area contributed by atoms with Crippen molar-refractivity contribution in [1.29, 1.82) is 5.41 Å². The molecule has 2 rings (SSSR count). The van der Waals surface area contributed by atoms with Crippen molar-refractivity contribution in [1.82, 2.24) is 0 Å². The van der Waals surface area contributed by atoms with Gasteiger partial charge in [0.15, 0.2) is 0 Å². The Bertz CT molecular complexity index is 240. The van der Waals surface area contributed by atoms with E-state index in [9.17, 15) is 0 Å². The van der Waals surface area contributed by atoms with Crippen LogP contribution in [0.5, 0.6) is 0 Å². The summed E-state index contributed by atoms with van der Waals surface area (Å²) in [5, 5.41) is 6.69. The molecule has 0 aromatic carbocycles. The van der Waals surface area contributed by atoms with Gasteiger partial charge in [-0.25, -0.2) is 0 Å². The molecule has 2 saturated carbocycles. The molecule has 0 unspecified atom stereocenters. The van der Waals surface area contributed by atoms with Crippen LogP contribution in [-0.2, 0) is 4.74 Å². The van der Waals surface area contributed by atoms with Crippen LogP contribution in [0.2, 0.25) is 0 Å². The zero-order valence-corrected chi connectivity index (χ0v) is 14.0. The first-order chi connectivity index (χ1) is 10.2. The normalized spacial score (nSPS) is 20.4. The van der Waals surface area contributed by atoms with E-state index in [1.807, 2.05) is 0 Å². The van der Waals surface area contributed by atoms with Gasteiger partial charge in [0.1, 0.15) is 0 Å². The number of ether oxygens (including phenoxy) is 1. The number of rotatable bonds is 5. The van der Waals surface area contributed by atoms with E-state index in [0.29, 0.717) is 6.61 Å². The number of amidine groups is 1. The van der Waals surface area contributed by atoms with Gasteiger partial charge < -0.3 is 10.5 Å². The summed E-state index contributed by atoms with van der Waals surface area (Å²) in [6.45, 7) is 2.71. The van der Waals surface area contributed by atoms with E-state index in [4.69, 9.17) is 15.9 Å². The fraction of sp³-hybridized carbons (Fsp3) is 0.944. The van der Waals surface area contributed by atoms with Crippen LogP contribution < -0.4 is 5.73 Å². The molecule has 0 aromatic heterocycles. The third-order valence-electron chi connectivity index (χ3n) is 4.97. The SMILES string of the molecule is C1CCC(C2CCCCC2)CC1.CCCCCOC(=N)N. The maximum Gasteiger partial charge on any atom is 0.278 e. The van der Waals surface area contributed by atoms with Crippen LogP contribution in [0.25, 0.3) is 0 Å². The molecule has 3 heteroatoms. The van der Waals surface area contributed by atoms with Gasteiger partial charge in [0.2, 0.25) is 0 Å². The molecule has 21 heavy (non-hydrogen) atoms. The molecule has 0 heterocycles. The monoisotopic (exact) mass is 296 g/mol. The maximum absolute atomic E-state index is 6.69. The lowest BCUT2D eigenvalue weighted by atomic mass is 9.73. The molecule has 0 amide bonds. The molecule has 2 aliphatic carbocycles. The second kappa shape index (κ2) is 11.9. The van der Waals surface area contributed by atoms with Crippen molar-refractivity contribution in [2.75, 3.05) is 6.61 Å². The van der Waals surface area contributed by atoms with E-state index >= 15 is 0 Å². The van der Waals surface area contributed by atoms with Crippen LogP contribution in [0.3, 0.4) is 0 Å². The van der Waals surface area contributed by atoms with Gasteiger partial charge in [-0.15, -0.1) is 0 Å². The van der Waals surface area contributed by atoms with Crippen molar-refractivity contribution in [3.63, 3.8) is 0 Å². The second-order valence-corrected chi connectivity index (χ2v) is 6.72. The highest BCUT2D eigenvalue weighted by Crippen LogP contribution is 2.37. The Morgan fingerprint density at radius 3 is 1.76 bits per heavy atom. The standard InChI is InChI=1S/C12H22.C6H14N2O/c1-3-7-11(8-4-1)12-9-5-2-6-10-12;1-2-3-4-5-9-6(7)8/h11-12H,1-10H2;2-5H2,1H3,(H3,7,8). The third-order valence-corrected chi connectivity index (χ3v) is 4.97. The first kappa shape index (κ1) is 18.3. The van der Waals surface area contributed by atoms with E-state index in [0.717, 1.165) is 24.7 Å². The summed E-state index contributed by atoms with van der Waals surface area (Å²) < 4.78 is 4.70. The van der Waals surface area contributed by atoms with Crippen molar-refractivity contribution < 1.29 is 4.74 Å². The molecule has 0 bridgehead atoms. The van der Waals surface area contributed by atoms with Crippen molar-refractivity contribution in [2.45, 2.75) is 90.4 Å². The summed E-state index contributed by atoms with van der Waals surface area (Å²) in [6.07, 6.45) is 18.7. The predicted octanol–water partition coefficient (Wildman–Crippen LogP) is 5.23. The molecule has 3 nitrogen and oxygen atoms in total. The highest BCUT2D eigenvalue weighted by Gasteiger charge is 2.24. The van der Waals surface area contributed by atoms with Crippen LogP contribution in [0.1, 0.15) is 90.4 Å². The van der Waals surface area contributed by atoms with Crippen molar-refractivity contribution in [2.24, 2.45) is 17.6 Å². The average Bonchev–Trinajstić information content (AvgIpc) is 2.54. The van der Waals surface area contributed by atoms with E-state index in [-0.39, 0.29) is 6.02 Å². The van der Waals surface area contributed by atoms with Crippen LogP contribution in [0.4, 0.5) is 0 Å². The highest BCUT2D eigenvalue weighted by molar-refractivity contribution is 5.67. The Kier molecular flexibility index (Phi) is 10.4. The Labute approximate surface area is 131 Å². The lowest BCUT2D eigenvalue weighted by molar-refractivity contribution is 0.196. The zero-order chi connectivity index (χ0) is 15.3. The van der Waals surface area contributed by atoms with Gasteiger partial charge in [-0.05, 0) is 18.3 Å². The van der Waals surface area contributed by atoms with E-state index in [2.05, 4.69) is 6.92 Å². The van der Waals surface area contributed by atoms with Gasteiger partial charge in [-0.2, -0.15) is 0 Å². The number of hydrogen-bond acceptors (Lipinski definition) is 2. The van der Waals surface area contributed by atoms with Gasteiger partial charge in [0.25, 0.3) is 6.02 Å². The van der Waals surface area contributed by atoms with Gasteiger partial charge in [-0.3, -0.25) is 5.41 Å². The van der Waals surface area contributed by atoms with Gasteiger partial charge in [0.05, 0.1) is 6.61 Å². The van der Waals surface area contributed by atoms with Crippen LogP contribution in [-0.4, -0.2) is 12.6 Å². The van der Waals surface area contributed by atoms with Crippen LogP contribution in [0.15, 0.2) is 0 Å². The van der Waals surface area contributed by atoms with E-state index in [1.54, 1.807) is 25.7 Å². The van der Waals surface area contributed by atoms with Gasteiger partial charge in [0, 0.05) is 0 Å². The summed E-state index contributed by atoms with van der Waals surface area (Å²) in [5.41, 5.74) is 4.94. The Balaban J connectivity index is 0.000000222. The van der Waals surface area contributed by atoms with Crippen molar-refractivity contribution >= 4 is 6.02 Å². The maximum atomic E-state index is 6.69. The van der Waals surface area contributed by atoms with Crippen LogP contribution >= 0.6 is 0 Å². The summed E-state index contributed by atoms with van der Waals surface area (Å²) >= 11 is 0. The molecule has 0 aliphatic heterocycles. The number of nitrogens with two attached hydrogens (primary N) is 1.